The highest BCUT2D eigenvalue weighted by Crippen LogP contribution is 2.21. The van der Waals surface area contributed by atoms with E-state index in [-0.39, 0.29) is 17.7 Å². The summed E-state index contributed by atoms with van der Waals surface area (Å²) in [5.41, 5.74) is 5.85. The van der Waals surface area contributed by atoms with Gasteiger partial charge >= 0.3 is 0 Å². The maximum atomic E-state index is 12.2. The molecule has 1 heterocycles. The number of phenols is 1. The average Bonchev–Trinajstić information content (AvgIpc) is 2.44. The summed E-state index contributed by atoms with van der Waals surface area (Å²) in [4.78, 5) is 14.4. The average molecular weight is 298 g/mol. The quantitative estimate of drug-likeness (QED) is 0.780. The molecule has 6 heteroatoms. The zero-order valence-electron chi connectivity index (χ0n) is 11.3. The molecule has 0 atom stereocenters. The molecule has 0 saturated carbocycles. The van der Waals surface area contributed by atoms with Crippen LogP contribution in [0.1, 0.15) is 23.2 Å². The van der Waals surface area contributed by atoms with Crippen LogP contribution in [-0.4, -0.2) is 48.1 Å². The molecule has 0 radical (unpaired) electrons. The van der Waals surface area contributed by atoms with E-state index < -0.39 is 0 Å². The molecule has 1 aromatic rings. The van der Waals surface area contributed by atoms with Gasteiger partial charge in [-0.05, 0) is 31.0 Å². The number of hydrogen-bond acceptors (Lipinski definition) is 4. The second kappa shape index (κ2) is 6.92. The van der Waals surface area contributed by atoms with Gasteiger partial charge in [-0.2, -0.15) is 0 Å². The monoisotopic (exact) mass is 297 g/mol. The molecule has 0 bridgehead atoms. The molecule has 1 aromatic carbocycles. The van der Waals surface area contributed by atoms with Crippen molar-refractivity contribution in [1.29, 1.82) is 0 Å². The summed E-state index contributed by atoms with van der Waals surface area (Å²) in [6, 6.07) is 4.52. The molecule has 20 heavy (non-hydrogen) atoms. The van der Waals surface area contributed by atoms with Gasteiger partial charge in [0.05, 0.1) is 10.6 Å². The van der Waals surface area contributed by atoms with Crippen LogP contribution < -0.4 is 11.1 Å². The van der Waals surface area contributed by atoms with Gasteiger partial charge < -0.3 is 21.1 Å². The number of halogens is 1. The number of benzene rings is 1. The fourth-order valence-corrected chi connectivity index (χ4v) is 2.64. The van der Waals surface area contributed by atoms with Crippen molar-refractivity contribution in [2.45, 2.75) is 18.9 Å². The van der Waals surface area contributed by atoms with Crippen molar-refractivity contribution in [3.63, 3.8) is 0 Å². The number of nitrogens with one attached hydrogen (secondary N) is 1. The van der Waals surface area contributed by atoms with Gasteiger partial charge in [-0.1, -0.05) is 11.6 Å². The van der Waals surface area contributed by atoms with Crippen LogP contribution in [0.4, 0.5) is 0 Å². The third kappa shape index (κ3) is 3.85. The number of likely N-dealkylation sites (tertiary alicyclic amines) is 1. The Bertz CT molecular complexity index is 473. The molecule has 0 aliphatic carbocycles. The smallest absolute Gasteiger partial charge is 0.253 e. The molecule has 1 aliphatic heterocycles. The maximum Gasteiger partial charge on any atom is 0.253 e. The zero-order valence-corrected chi connectivity index (χ0v) is 12.1. The van der Waals surface area contributed by atoms with Gasteiger partial charge in [-0.3, -0.25) is 4.79 Å². The SMILES string of the molecule is NCCN1CCC(NC(=O)c2cc(O)ccc2Cl)CC1. The second-order valence-corrected chi connectivity index (χ2v) is 5.45. The van der Waals surface area contributed by atoms with Crippen LogP contribution in [0.3, 0.4) is 0 Å². The lowest BCUT2D eigenvalue weighted by molar-refractivity contribution is 0.0911. The molecule has 0 aromatic heterocycles. The Morgan fingerprint density at radius 2 is 2.15 bits per heavy atom. The molecule has 4 N–H and O–H groups in total. The molecule has 1 aliphatic rings. The molecule has 1 amide bonds. The van der Waals surface area contributed by atoms with E-state index in [1.165, 1.54) is 18.2 Å². The summed E-state index contributed by atoms with van der Waals surface area (Å²) >= 11 is 5.98. The van der Waals surface area contributed by atoms with Crippen LogP contribution in [0.15, 0.2) is 18.2 Å². The highest BCUT2D eigenvalue weighted by Gasteiger charge is 2.21. The maximum absolute atomic E-state index is 12.2. The van der Waals surface area contributed by atoms with Crippen molar-refractivity contribution in [2.24, 2.45) is 5.73 Å². The number of aromatic hydroxyl groups is 1. The van der Waals surface area contributed by atoms with Gasteiger partial charge in [0.2, 0.25) is 0 Å². The van der Waals surface area contributed by atoms with Crippen LogP contribution in [0.2, 0.25) is 5.02 Å². The van der Waals surface area contributed by atoms with Crippen LogP contribution in [0, 0.1) is 0 Å². The highest BCUT2D eigenvalue weighted by atomic mass is 35.5. The zero-order chi connectivity index (χ0) is 14.5. The summed E-state index contributed by atoms with van der Waals surface area (Å²) in [6.07, 6.45) is 1.81. The van der Waals surface area contributed by atoms with Gasteiger partial charge in [0, 0.05) is 32.2 Å². The van der Waals surface area contributed by atoms with E-state index in [4.69, 9.17) is 17.3 Å². The van der Waals surface area contributed by atoms with Crippen LogP contribution in [-0.2, 0) is 0 Å². The topological polar surface area (TPSA) is 78.6 Å². The Morgan fingerprint density at radius 1 is 1.45 bits per heavy atom. The number of carbonyl (C=O) groups excluding carboxylic acids is 1. The van der Waals surface area contributed by atoms with E-state index in [0.29, 0.717) is 17.1 Å². The van der Waals surface area contributed by atoms with Crippen molar-refractivity contribution in [1.82, 2.24) is 10.2 Å². The van der Waals surface area contributed by atoms with Crippen molar-refractivity contribution in [2.75, 3.05) is 26.2 Å². The summed E-state index contributed by atoms with van der Waals surface area (Å²) in [5, 5.41) is 12.8. The molecule has 2 rings (SSSR count). The van der Waals surface area contributed by atoms with Gasteiger partial charge in [0.15, 0.2) is 0 Å². The molecule has 110 valence electrons. The largest absolute Gasteiger partial charge is 0.508 e. The van der Waals surface area contributed by atoms with E-state index >= 15 is 0 Å². The number of hydrogen-bond donors (Lipinski definition) is 3. The second-order valence-electron chi connectivity index (χ2n) is 5.04. The number of rotatable bonds is 4. The van der Waals surface area contributed by atoms with Crippen molar-refractivity contribution in [3.05, 3.63) is 28.8 Å². The van der Waals surface area contributed by atoms with E-state index in [1.54, 1.807) is 0 Å². The normalized spacial score (nSPS) is 17.1. The van der Waals surface area contributed by atoms with Crippen LogP contribution >= 0.6 is 11.6 Å². The van der Waals surface area contributed by atoms with Crippen molar-refractivity contribution in [3.8, 4) is 5.75 Å². The minimum Gasteiger partial charge on any atom is -0.508 e. The van der Waals surface area contributed by atoms with Gasteiger partial charge in [0.25, 0.3) is 5.91 Å². The first-order chi connectivity index (χ1) is 9.60. The van der Waals surface area contributed by atoms with E-state index in [1.807, 2.05) is 0 Å². The van der Waals surface area contributed by atoms with Gasteiger partial charge in [-0.25, -0.2) is 0 Å². The molecule has 5 nitrogen and oxygen atoms in total. The van der Waals surface area contributed by atoms with E-state index in [2.05, 4.69) is 10.2 Å². The summed E-state index contributed by atoms with van der Waals surface area (Å²) in [6.45, 7) is 3.45. The Hall–Kier alpha value is -1.30. The number of nitrogens with two attached hydrogens (primary N) is 1. The lowest BCUT2D eigenvalue weighted by Gasteiger charge is -2.32. The van der Waals surface area contributed by atoms with Gasteiger partial charge in [0.1, 0.15) is 5.75 Å². The standard InChI is InChI=1S/C14H20ClN3O2/c15-13-2-1-11(19)9-12(13)14(20)17-10-3-6-18(7-4-10)8-5-16/h1-2,9-10,19H,3-8,16H2,(H,17,20). The van der Waals surface area contributed by atoms with Crippen LogP contribution in [0.25, 0.3) is 0 Å². The summed E-state index contributed by atoms with van der Waals surface area (Å²) in [7, 11) is 0. The molecule has 1 saturated heterocycles. The number of piperidine rings is 1. The highest BCUT2D eigenvalue weighted by molar-refractivity contribution is 6.33. The number of nitrogens with zero attached hydrogens (tertiary/aromatic N) is 1. The molecule has 0 spiro atoms. The van der Waals surface area contributed by atoms with Crippen LogP contribution in [0.5, 0.6) is 5.75 Å². The molecular formula is C14H20ClN3O2. The third-order valence-electron chi connectivity index (χ3n) is 3.56. The first-order valence-electron chi connectivity index (χ1n) is 6.82. The Balaban J connectivity index is 1.91. The summed E-state index contributed by atoms with van der Waals surface area (Å²) in [5.74, 6) is -0.194. The third-order valence-corrected chi connectivity index (χ3v) is 3.89. The van der Waals surface area contributed by atoms with E-state index in [9.17, 15) is 9.90 Å². The number of amides is 1. The predicted molar refractivity (Wildman–Crippen MR) is 79.1 cm³/mol. The Morgan fingerprint density at radius 3 is 2.80 bits per heavy atom. The van der Waals surface area contributed by atoms with Crippen molar-refractivity contribution >= 4 is 17.5 Å². The Labute approximate surface area is 123 Å². The first kappa shape index (κ1) is 15.1. The fraction of sp³-hybridized carbons (Fsp3) is 0.500. The summed E-state index contributed by atoms with van der Waals surface area (Å²) < 4.78 is 0. The molecular weight excluding hydrogens is 278 g/mol. The minimum absolute atomic E-state index is 0.0392. The number of phenolic OH excluding ortho intramolecular Hbond substituents is 1. The first-order valence-corrected chi connectivity index (χ1v) is 7.19. The molecule has 1 fully saturated rings. The van der Waals surface area contributed by atoms with Gasteiger partial charge in [-0.15, -0.1) is 0 Å². The predicted octanol–water partition coefficient (Wildman–Crippen LogP) is 1.20. The number of carbonyl (C=O) groups is 1. The van der Waals surface area contributed by atoms with Crippen molar-refractivity contribution < 1.29 is 9.90 Å². The lowest BCUT2D eigenvalue weighted by atomic mass is 10.0. The fourth-order valence-electron chi connectivity index (χ4n) is 2.43. The Kier molecular flexibility index (Phi) is 5.23. The van der Waals surface area contributed by atoms with E-state index in [0.717, 1.165) is 32.5 Å². The minimum atomic E-state index is -0.233. The lowest BCUT2D eigenvalue weighted by Crippen LogP contribution is -2.45. The molecule has 0 unspecified atom stereocenters.